The Morgan fingerprint density at radius 3 is 2.91 bits per heavy atom. The van der Waals surface area contributed by atoms with Crippen molar-refractivity contribution in [3.05, 3.63) is 70.1 Å². The second kappa shape index (κ2) is 6.81. The molecule has 0 aliphatic carbocycles. The van der Waals surface area contributed by atoms with Crippen LogP contribution in [0.2, 0.25) is 10.0 Å². The molecule has 0 atom stereocenters. The van der Waals surface area contributed by atoms with Gasteiger partial charge in [-0.1, -0.05) is 41.4 Å². The van der Waals surface area contributed by atoms with Gasteiger partial charge in [-0.15, -0.1) is 10.2 Å². The number of carbonyl (C=O) groups is 1. The van der Waals surface area contributed by atoms with Gasteiger partial charge in [-0.25, -0.2) is 0 Å². The quantitative estimate of drug-likeness (QED) is 0.736. The molecule has 1 amide bonds. The number of hydrogen-bond donors (Lipinski definition) is 1. The fourth-order valence-electron chi connectivity index (χ4n) is 2.05. The van der Waals surface area contributed by atoms with Crippen LogP contribution in [-0.2, 0) is 11.3 Å². The molecule has 0 bridgehead atoms. The predicted molar refractivity (Wildman–Crippen MR) is 90.3 cm³/mol. The molecule has 1 N–H and O–H groups in total. The van der Waals surface area contributed by atoms with Crippen molar-refractivity contribution in [3.63, 3.8) is 0 Å². The molecule has 2 aromatic heterocycles. The third-order valence-corrected chi connectivity index (χ3v) is 4.03. The molecule has 0 saturated heterocycles. The number of halogens is 2. The highest BCUT2D eigenvalue weighted by Gasteiger charge is 2.06. The Hall–Kier alpha value is -2.37. The Morgan fingerprint density at radius 2 is 2.04 bits per heavy atom. The standard InChI is InChI=1S/C16H12Cl2N4O/c17-12-5-3-4-11(16(12)18)7-8-15(23)19-10-14-21-20-13-6-1-2-9-22(13)14/h1-9H,10H2,(H,19,23)/b8-7+. The maximum absolute atomic E-state index is 11.9. The second-order valence-electron chi connectivity index (χ2n) is 4.74. The minimum absolute atomic E-state index is 0.256. The molecule has 0 fully saturated rings. The van der Waals surface area contributed by atoms with E-state index in [1.54, 1.807) is 24.3 Å². The van der Waals surface area contributed by atoms with E-state index in [-0.39, 0.29) is 12.5 Å². The van der Waals surface area contributed by atoms with Gasteiger partial charge in [-0.2, -0.15) is 0 Å². The summed E-state index contributed by atoms with van der Waals surface area (Å²) in [5.74, 6) is 0.400. The van der Waals surface area contributed by atoms with Crippen molar-refractivity contribution in [3.8, 4) is 0 Å². The number of fused-ring (bicyclic) bond motifs is 1. The predicted octanol–water partition coefficient (Wildman–Crippen LogP) is 3.37. The summed E-state index contributed by atoms with van der Waals surface area (Å²) in [5, 5.41) is 11.7. The first kappa shape index (κ1) is 15.5. The number of aromatic nitrogens is 3. The van der Waals surface area contributed by atoms with Crippen LogP contribution in [0.5, 0.6) is 0 Å². The molecule has 5 nitrogen and oxygen atoms in total. The second-order valence-corrected chi connectivity index (χ2v) is 5.52. The number of rotatable bonds is 4. The first-order valence-electron chi connectivity index (χ1n) is 6.84. The lowest BCUT2D eigenvalue weighted by molar-refractivity contribution is -0.116. The summed E-state index contributed by atoms with van der Waals surface area (Å²) in [7, 11) is 0. The molecule has 23 heavy (non-hydrogen) atoms. The maximum atomic E-state index is 11.9. The zero-order valence-electron chi connectivity index (χ0n) is 11.9. The van der Waals surface area contributed by atoms with Crippen LogP contribution in [0.3, 0.4) is 0 Å². The third-order valence-electron chi connectivity index (χ3n) is 3.20. The summed E-state index contributed by atoms with van der Waals surface area (Å²) in [6.07, 6.45) is 4.87. The Morgan fingerprint density at radius 1 is 1.17 bits per heavy atom. The van der Waals surface area contributed by atoms with E-state index in [2.05, 4.69) is 15.5 Å². The van der Waals surface area contributed by atoms with Gasteiger partial charge in [0.1, 0.15) is 0 Å². The molecule has 3 rings (SSSR count). The number of benzene rings is 1. The Labute approximate surface area is 142 Å². The monoisotopic (exact) mass is 346 g/mol. The van der Waals surface area contributed by atoms with Gasteiger partial charge in [0, 0.05) is 12.3 Å². The molecule has 0 aliphatic heterocycles. The van der Waals surface area contributed by atoms with E-state index < -0.39 is 0 Å². The van der Waals surface area contributed by atoms with Crippen molar-refractivity contribution in [2.75, 3.05) is 0 Å². The summed E-state index contributed by atoms with van der Waals surface area (Å²) in [6.45, 7) is 0.275. The highest BCUT2D eigenvalue weighted by Crippen LogP contribution is 2.26. The highest BCUT2D eigenvalue weighted by atomic mass is 35.5. The van der Waals surface area contributed by atoms with Crippen molar-refractivity contribution in [2.24, 2.45) is 0 Å². The van der Waals surface area contributed by atoms with Gasteiger partial charge in [-0.05, 0) is 29.8 Å². The van der Waals surface area contributed by atoms with Gasteiger partial charge in [0.25, 0.3) is 0 Å². The van der Waals surface area contributed by atoms with Gasteiger partial charge >= 0.3 is 0 Å². The van der Waals surface area contributed by atoms with E-state index in [1.165, 1.54) is 6.08 Å². The molecular weight excluding hydrogens is 335 g/mol. The maximum Gasteiger partial charge on any atom is 0.244 e. The van der Waals surface area contributed by atoms with E-state index in [9.17, 15) is 4.79 Å². The normalized spacial score (nSPS) is 11.2. The lowest BCUT2D eigenvalue weighted by Crippen LogP contribution is -2.21. The summed E-state index contributed by atoms with van der Waals surface area (Å²) in [5.41, 5.74) is 1.42. The van der Waals surface area contributed by atoms with Crippen LogP contribution in [0.25, 0.3) is 11.7 Å². The average Bonchev–Trinajstić information content (AvgIpc) is 2.97. The van der Waals surface area contributed by atoms with E-state index in [0.717, 1.165) is 5.65 Å². The van der Waals surface area contributed by atoms with Crippen LogP contribution in [0.15, 0.2) is 48.7 Å². The number of nitrogens with one attached hydrogen (secondary N) is 1. The third kappa shape index (κ3) is 3.52. The molecule has 0 radical (unpaired) electrons. The van der Waals surface area contributed by atoms with Crippen molar-refractivity contribution in [1.82, 2.24) is 19.9 Å². The van der Waals surface area contributed by atoms with Crippen LogP contribution >= 0.6 is 23.2 Å². The first-order chi connectivity index (χ1) is 11.1. The smallest absolute Gasteiger partial charge is 0.244 e. The molecule has 7 heteroatoms. The number of carbonyl (C=O) groups excluding carboxylic acids is 1. The number of hydrogen-bond acceptors (Lipinski definition) is 3. The molecule has 0 aliphatic rings. The van der Waals surface area contributed by atoms with Crippen molar-refractivity contribution < 1.29 is 4.79 Å². The molecule has 1 aromatic carbocycles. The van der Waals surface area contributed by atoms with E-state index in [0.29, 0.717) is 21.4 Å². The number of amides is 1. The largest absolute Gasteiger partial charge is 0.345 e. The Kier molecular flexibility index (Phi) is 4.60. The fraction of sp³-hybridized carbons (Fsp3) is 0.0625. The number of pyridine rings is 1. The Bertz CT molecular complexity index is 889. The zero-order valence-corrected chi connectivity index (χ0v) is 13.4. The molecule has 2 heterocycles. The lowest BCUT2D eigenvalue weighted by Gasteiger charge is -2.02. The van der Waals surface area contributed by atoms with E-state index in [4.69, 9.17) is 23.2 Å². The fourth-order valence-corrected chi connectivity index (χ4v) is 2.42. The summed E-state index contributed by atoms with van der Waals surface area (Å²) in [6, 6.07) is 10.8. The minimum Gasteiger partial charge on any atom is -0.345 e. The van der Waals surface area contributed by atoms with Crippen LogP contribution in [0, 0.1) is 0 Å². The van der Waals surface area contributed by atoms with Crippen molar-refractivity contribution in [2.45, 2.75) is 6.54 Å². The highest BCUT2D eigenvalue weighted by molar-refractivity contribution is 6.42. The van der Waals surface area contributed by atoms with Gasteiger partial charge in [0.2, 0.25) is 5.91 Å². The van der Waals surface area contributed by atoms with Crippen LogP contribution in [-0.4, -0.2) is 20.5 Å². The van der Waals surface area contributed by atoms with Crippen molar-refractivity contribution >= 4 is 40.8 Å². The van der Waals surface area contributed by atoms with E-state index >= 15 is 0 Å². The van der Waals surface area contributed by atoms with Gasteiger partial charge < -0.3 is 5.32 Å². The molecular formula is C16H12Cl2N4O. The van der Waals surface area contributed by atoms with Crippen LogP contribution in [0.4, 0.5) is 0 Å². The summed E-state index contributed by atoms with van der Waals surface area (Å²) >= 11 is 12.0. The first-order valence-corrected chi connectivity index (χ1v) is 7.59. The topological polar surface area (TPSA) is 59.3 Å². The molecule has 116 valence electrons. The molecule has 0 spiro atoms. The van der Waals surface area contributed by atoms with Crippen LogP contribution < -0.4 is 5.32 Å². The van der Waals surface area contributed by atoms with Gasteiger partial charge in [0.05, 0.1) is 16.6 Å². The van der Waals surface area contributed by atoms with Gasteiger partial charge in [0.15, 0.2) is 11.5 Å². The summed E-state index contributed by atoms with van der Waals surface area (Å²) in [4.78, 5) is 11.9. The SMILES string of the molecule is O=C(/C=C/c1cccc(Cl)c1Cl)NCc1nnc2ccccn12. The Balaban J connectivity index is 1.66. The molecule has 0 saturated carbocycles. The lowest BCUT2D eigenvalue weighted by atomic mass is 10.2. The van der Waals surface area contributed by atoms with Crippen LogP contribution in [0.1, 0.15) is 11.4 Å². The van der Waals surface area contributed by atoms with Crippen molar-refractivity contribution in [1.29, 1.82) is 0 Å². The number of nitrogens with zero attached hydrogens (tertiary/aromatic N) is 3. The summed E-state index contributed by atoms with van der Waals surface area (Å²) < 4.78 is 1.82. The minimum atomic E-state index is -0.256. The zero-order chi connectivity index (χ0) is 16.2. The average molecular weight is 347 g/mol. The van der Waals surface area contributed by atoms with Gasteiger partial charge in [-0.3, -0.25) is 9.20 Å². The molecule has 3 aromatic rings. The molecule has 0 unspecified atom stereocenters. The van der Waals surface area contributed by atoms with E-state index in [1.807, 2.05) is 28.8 Å².